The van der Waals surface area contributed by atoms with Crippen LogP contribution in [0.25, 0.3) is 0 Å². The van der Waals surface area contributed by atoms with Gasteiger partial charge in [-0.3, -0.25) is 4.79 Å². The number of carbonyl (C=O) groups is 1. The Balaban J connectivity index is 2.09. The number of rotatable bonds is 7. The zero-order chi connectivity index (χ0) is 18.2. The molecule has 2 aromatic rings. The van der Waals surface area contributed by atoms with Crippen LogP contribution in [0.15, 0.2) is 41.5 Å². The van der Waals surface area contributed by atoms with Crippen LogP contribution in [0.4, 0.5) is 0 Å². The van der Waals surface area contributed by atoms with E-state index in [0.717, 1.165) is 5.56 Å². The van der Waals surface area contributed by atoms with Crippen LogP contribution in [-0.4, -0.2) is 30.4 Å². The molecule has 2 rings (SSSR count). The summed E-state index contributed by atoms with van der Waals surface area (Å²) < 4.78 is 11.0. The Labute approximate surface area is 151 Å². The molecule has 0 saturated heterocycles. The molecule has 25 heavy (non-hydrogen) atoms. The molecule has 0 heterocycles. The predicted molar refractivity (Wildman–Crippen MR) is 97.0 cm³/mol. The molecule has 0 bridgehead atoms. The van der Waals surface area contributed by atoms with E-state index in [1.807, 2.05) is 13.8 Å². The van der Waals surface area contributed by atoms with Crippen LogP contribution in [0.3, 0.4) is 0 Å². The van der Waals surface area contributed by atoms with Crippen LogP contribution in [0, 0.1) is 0 Å². The highest BCUT2D eigenvalue weighted by molar-refractivity contribution is 6.31. The van der Waals surface area contributed by atoms with E-state index in [9.17, 15) is 9.90 Å². The molecule has 0 unspecified atom stereocenters. The van der Waals surface area contributed by atoms with Gasteiger partial charge < -0.3 is 14.6 Å². The number of hydrazone groups is 1. The SMILES string of the molecule is CCOc1ccc(C=NNC(=O)c2cc(Cl)ccc2O)cc1OCC. The molecule has 0 saturated carbocycles. The van der Waals surface area contributed by atoms with Crippen LogP contribution in [-0.2, 0) is 0 Å². The molecule has 2 aromatic carbocycles. The number of carbonyl (C=O) groups excluding carboxylic acids is 1. The van der Waals surface area contributed by atoms with Crippen molar-refractivity contribution in [2.45, 2.75) is 13.8 Å². The van der Waals surface area contributed by atoms with Gasteiger partial charge in [0.15, 0.2) is 11.5 Å². The third kappa shape index (κ3) is 5.12. The van der Waals surface area contributed by atoms with Gasteiger partial charge in [-0.15, -0.1) is 0 Å². The van der Waals surface area contributed by atoms with Crippen molar-refractivity contribution in [2.24, 2.45) is 5.10 Å². The van der Waals surface area contributed by atoms with Gasteiger partial charge in [0.05, 0.1) is 25.0 Å². The number of hydrogen-bond acceptors (Lipinski definition) is 5. The van der Waals surface area contributed by atoms with Gasteiger partial charge in [-0.25, -0.2) is 5.43 Å². The highest BCUT2D eigenvalue weighted by atomic mass is 35.5. The summed E-state index contributed by atoms with van der Waals surface area (Å²) in [7, 11) is 0. The average molecular weight is 363 g/mol. The molecule has 0 aliphatic heterocycles. The van der Waals surface area contributed by atoms with Crippen LogP contribution >= 0.6 is 11.6 Å². The lowest BCUT2D eigenvalue weighted by molar-refractivity contribution is 0.0952. The number of aromatic hydroxyl groups is 1. The Morgan fingerprint density at radius 1 is 1.16 bits per heavy atom. The molecule has 0 radical (unpaired) electrons. The number of nitrogens with one attached hydrogen (secondary N) is 1. The monoisotopic (exact) mass is 362 g/mol. The number of amides is 1. The van der Waals surface area contributed by atoms with E-state index in [0.29, 0.717) is 29.7 Å². The molecule has 0 fully saturated rings. The van der Waals surface area contributed by atoms with Crippen molar-refractivity contribution in [3.8, 4) is 17.2 Å². The fourth-order valence-electron chi connectivity index (χ4n) is 2.06. The fraction of sp³-hybridized carbons (Fsp3) is 0.222. The molecule has 7 heteroatoms. The molecule has 0 aliphatic carbocycles. The molecule has 0 spiro atoms. The summed E-state index contributed by atoms with van der Waals surface area (Å²) >= 11 is 5.82. The Bertz CT molecular complexity index is 778. The molecule has 0 aliphatic rings. The van der Waals surface area contributed by atoms with Crippen LogP contribution in [0.5, 0.6) is 17.2 Å². The summed E-state index contributed by atoms with van der Waals surface area (Å²) in [5.74, 6) is 0.519. The van der Waals surface area contributed by atoms with Crippen LogP contribution in [0.2, 0.25) is 5.02 Å². The number of hydrogen-bond donors (Lipinski definition) is 2. The molecule has 1 amide bonds. The Morgan fingerprint density at radius 3 is 2.60 bits per heavy atom. The van der Waals surface area contributed by atoms with Gasteiger partial charge in [0, 0.05) is 5.02 Å². The average Bonchev–Trinajstić information content (AvgIpc) is 2.59. The minimum absolute atomic E-state index is 0.0475. The predicted octanol–water partition coefficient (Wildman–Crippen LogP) is 3.61. The fourth-order valence-corrected chi connectivity index (χ4v) is 2.24. The summed E-state index contributed by atoms with van der Waals surface area (Å²) in [5, 5.41) is 13.9. The van der Waals surface area contributed by atoms with Crippen molar-refractivity contribution < 1.29 is 19.4 Å². The van der Waals surface area contributed by atoms with E-state index >= 15 is 0 Å². The van der Waals surface area contributed by atoms with E-state index < -0.39 is 5.91 Å². The summed E-state index contributed by atoms with van der Waals surface area (Å²) in [6.45, 7) is 4.82. The Morgan fingerprint density at radius 2 is 1.88 bits per heavy atom. The second kappa shape index (κ2) is 8.94. The standard InChI is InChI=1S/C18H19ClN2O4/c1-3-24-16-8-5-12(9-17(16)25-4-2)11-20-21-18(23)14-10-13(19)6-7-15(14)22/h5-11,22H,3-4H2,1-2H3,(H,21,23). The lowest BCUT2D eigenvalue weighted by atomic mass is 10.2. The van der Waals surface area contributed by atoms with Crippen LogP contribution < -0.4 is 14.9 Å². The quantitative estimate of drug-likeness (QED) is 0.582. The number of halogens is 1. The molecule has 6 nitrogen and oxygen atoms in total. The van der Waals surface area contributed by atoms with E-state index in [1.165, 1.54) is 24.4 Å². The Hall–Kier alpha value is -2.73. The van der Waals surface area contributed by atoms with E-state index in [4.69, 9.17) is 21.1 Å². The summed E-state index contributed by atoms with van der Waals surface area (Å²) in [5.41, 5.74) is 3.12. The first kappa shape index (κ1) is 18.6. The van der Waals surface area contributed by atoms with E-state index in [2.05, 4.69) is 10.5 Å². The molecular weight excluding hydrogens is 344 g/mol. The van der Waals surface area contributed by atoms with Gasteiger partial charge in [0.25, 0.3) is 5.91 Å². The molecule has 132 valence electrons. The number of benzene rings is 2. The highest BCUT2D eigenvalue weighted by Gasteiger charge is 2.11. The van der Waals surface area contributed by atoms with E-state index in [-0.39, 0.29) is 11.3 Å². The lowest BCUT2D eigenvalue weighted by Gasteiger charge is -2.11. The van der Waals surface area contributed by atoms with Gasteiger partial charge in [0.2, 0.25) is 0 Å². The molecule has 0 atom stereocenters. The summed E-state index contributed by atoms with van der Waals surface area (Å²) in [6, 6.07) is 9.54. The lowest BCUT2D eigenvalue weighted by Crippen LogP contribution is -2.17. The number of nitrogens with zero attached hydrogens (tertiary/aromatic N) is 1. The molecule has 0 aromatic heterocycles. The topological polar surface area (TPSA) is 80.2 Å². The Kier molecular flexibility index (Phi) is 6.65. The number of phenols is 1. The van der Waals surface area contributed by atoms with Crippen molar-refractivity contribution in [2.75, 3.05) is 13.2 Å². The van der Waals surface area contributed by atoms with Gasteiger partial charge in [-0.2, -0.15) is 5.10 Å². The van der Waals surface area contributed by atoms with E-state index in [1.54, 1.807) is 18.2 Å². The van der Waals surface area contributed by atoms with Gasteiger partial charge in [-0.05, 0) is 55.8 Å². The first-order valence-corrected chi connectivity index (χ1v) is 8.14. The maximum atomic E-state index is 12.0. The zero-order valence-electron chi connectivity index (χ0n) is 14.0. The number of phenolic OH excluding ortho intramolecular Hbond substituents is 1. The normalized spacial score (nSPS) is 10.7. The molecule has 2 N–H and O–H groups in total. The first-order valence-electron chi connectivity index (χ1n) is 7.76. The van der Waals surface area contributed by atoms with Crippen molar-refractivity contribution in [1.82, 2.24) is 5.43 Å². The first-order chi connectivity index (χ1) is 12.0. The third-order valence-corrected chi connectivity index (χ3v) is 3.39. The van der Waals surface area contributed by atoms with Crippen molar-refractivity contribution >= 4 is 23.7 Å². The second-order valence-electron chi connectivity index (χ2n) is 4.93. The van der Waals surface area contributed by atoms with Crippen molar-refractivity contribution in [3.05, 3.63) is 52.5 Å². The summed E-state index contributed by atoms with van der Waals surface area (Å²) in [6.07, 6.45) is 1.47. The van der Waals surface area contributed by atoms with Gasteiger partial charge >= 0.3 is 0 Å². The van der Waals surface area contributed by atoms with Crippen LogP contribution in [0.1, 0.15) is 29.8 Å². The van der Waals surface area contributed by atoms with Gasteiger partial charge in [0.1, 0.15) is 5.75 Å². The third-order valence-electron chi connectivity index (χ3n) is 3.15. The zero-order valence-corrected chi connectivity index (χ0v) is 14.7. The molecular formula is C18H19ClN2O4. The minimum atomic E-state index is -0.563. The highest BCUT2D eigenvalue weighted by Crippen LogP contribution is 2.28. The maximum absolute atomic E-state index is 12.0. The van der Waals surface area contributed by atoms with Gasteiger partial charge in [-0.1, -0.05) is 11.6 Å². The minimum Gasteiger partial charge on any atom is -0.507 e. The van der Waals surface area contributed by atoms with Crippen molar-refractivity contribution in [1.29, 1.82) is 0 Å². The largest absolute Gasteiger partial charge is 0.507 e. The van der Waals surface area contributed by atoms with Crippen molar-refractivity contribution in [3.63, 3.8) is 0 Å². The maximum Gasteiger partial charge on any atom is 0.275 e. The smallest absolute Gasteiger partial charge is 0.275 e. The summed E-state index contributed by atoms with van der Waals surface area (Å²) in [4.78, 5) is 12.0. The number of ether oxygens (including phenoxy) is 2. The second-order valence-corrected chi connectivity index (χ2v) is 5.37.